The zero-order valence-electron chi connectivity index (χ0n) is 9.39. The van der Waals surface area contributed by atoms with Gasteiger partial charge in [0.1, 0.15) is 0 Å². The lowest BCUT2D eigenvalue weighted by atomic mass is 10.1. The molecule has 0 amide bonds. The van der Waals surface area contributed by atoms with E-state index in [1.807, 2.05) is 0 Å². The van der Waals surface area contributed by atoms with Crippen molar-refractivity contribution in [3.8, 4) is 0 Å². The Morgan fingerprint density at radius 1 is 1.40 bits per heavy atom. The number of allylic oxidation sites excluding steroid dienone is 1. The molecule has 0 radical (unpaired) electrons. The van der Waals surface area contributed by atoms with Gasteiger partial charge in [-0.3, -0.25) is 4.57 Å². The first-order valence-electron chi connectivity index (χ1n) is 4.40. The van der Waals surface area contributed by atoms with E-state index in [2.05, 4.69) is 0 Å². The van der Waals surface area contributed by atoms with Gasteiger partial charge < -0.3 is 14.2 Å². The Kier molecular flexibility index (Phi) is 5.21. The van der Waals surface area contributed by atoms with Crippen molar-refractivity contribution >= 4 is 13.6 Å². The molecule has 6 heteroatoms. The zero-order chi connectivity index (χ0) is 12.1. The molecule has 0 aliphatic heterocycles. The van der Waals surface area contributed by atoms with Crippen molar-refractivity contribution in [2.75, 3.05) is 14.2 Å². The van der Waals surface area contributed by atoms with Crippen molar-refractivity contribution in [3.63, 3.8) is 0 Å². The van der Waals surface area contributed by atoms with E-state index in [1.54, 1.807) is 13.8 Å². The molecule has 0 rings (SSSR count). The highest BCUT2D eigenvalue weighted by molar-refractivity contribution is 7.55. The summed E-state index contributed by atoms with van der Waals surface area (Å²) in [7, 11) is -0.563. The van der Waals surface area contributed by atoms with E-state index in [9.17, 15) is 9.36 Å². The summed E-state index contributed by atoms with van der Waals surface area (Å²) in [5.41, 5.74) is 0. The van der Waals surface area contributed by atoms with Gasteiger partial charge >= 0.3 is 13.6 Å². The van der Waals surface area contributed by atoms with Crippen LogP contribution in [-0.2, 0) is 18.4 Å². The molecule has 0 heterocycles. The van der Waals surface area contributed by atoms with E-state index in [4.69, 9.17) is 14.2 Å². The van der Waals surface area contributed by atoms with Gasteiger partial charge in [-0.1, -0.05) is 6.08 Å². The van der Waals surface area contributed by atoms with E-state index in [-0.39, 0.29) is 0 Å². The minimum atomic E-state index is -3.19. The van der Waals surface area contributed by atoms with Crippen molar-refractivity contribution in [1.29, 1.82) is 0 Å². The summed E-state index contributed by atoms with van der Waals surface area (Å²) in [4.78, 5) is 10.3. The summed E-state index contributed by atoms with van der Waals surface area (Å²) in [5.74, 6) is -1.03. The van der Waals surface area contributed by atoms with Crippen LogP contribution in [0, 0.1) is 0 Å². The van der Waals surface area contributed by atoms with Crippen LogP contribution in [0.15, 0.2) is 12.2 Å². The van der Waals surface area contributed by atoms with Gasteiger partial charge in [-0.15, -0.1) is 0 Å². The summed E-state index contributed by atoms with van der Waals surface area (Å²) in [6, 6.07) is 0. The maximum atomic E-state index is 12.0. The molecular weight excluding hydrogens is 219 g/mol. The van der Waals surface area contributed by atoms with Crippen LogP contribution >= 0.6 is 7.60 Å². The van der Waals surface area contributed by atoms with Crippen LogP contribution in [0.2, 0.25) is 0 Å². The van der Waals surface area contributed by atoms with Crippen molar-refractivity contribution < 1.29 is 23.5 Å². The monoisotopic (exact) mass is 236 g/mol. The molecule has 1 N–H and O–H groups in total. The van der Waals surface area contributed by atoms with Crippen LogP contribution in [0.1, 0.15) is 20.3 Å². The standard InChI is InChI=1S/C9H17O5P/c1-9(2,7-5-6-8(10)11)15(12,13-3)14-4/h5-6H,7H2,1-4H3,(H,10,11)/b6-5+. The fourth-order valence-electron chi connectivity index (χ4n) is 1.13. The average Bonchev–Trinajstić information content (AvgIpc) is 2.15. The minimum Gasteiger partial charge on any atom is -0.478 e. The molecule has 0 bridgehead atoms. The third-order valence-corrected chi connectivity index (χ3v) is 4.73. The predicted molar refractivity (Wildman–Crippen MR) is 57.1 cm³/mol. The Labute approximate surface area is 89.6 Å². The first kappa shape index (κ1) is 14.4. The third kappa shape index (κ3) is 3.78. The smallest absolute Gasteiger partial charge is 0.335 e. The summed E-state index contributed by atoms with van der Waals surface area (Å²) in [6.07, 6.45) is 2.75. The van der Waals surface area contributed by atoms with Gasteiger partial charge in [0.2, 0.25) is 0 Å². The van der Waals surface area contributed by atoms with Gasteiger partial charge in [0.25, 0.3) is 0 Å². The summed E-state index contributed by atoms with van der Waals surface area (Å²) >= 11 is 0. The molecule has 0 saturated carbocycles. The molecular formula is C9H17O5P. The van der Waals surface area contributed by atoms with Gasteiger partial charge in [-0.05, 0) is 20.3 Å². The van der Waals surface area contributed by atoms with Crippen molar-refractivity contribution in [2.24, 2.45) is 0 Å². The lowest BCUT2D eigenvalue weighted by molar-refractivity contribution is -0.131. The van der Waals surface area contributed by atoms with Crippen molar-refractivity contribution in [1.82, 2.24) is 0 Å². The van der Waals surface area contributed by atoms with Gasteiger partial charge in [-0.25, -0.2) is 4.79 Å². The molecule has 0 spiro atoms. The Morgan fingerprint density at radius 2 is 1.87 bits per heavy atom. The molecule has 0 aliphatic carbocycles. The van der Waals surface area contributed by atoms with Gasteiger partial charge in [0, 0.05) is 20.3 Å². The van der Waals surface area contributed by atoms with E-state index < -0.39 is 18.7 Å². The zero-order valence-corrected chi connectivity index (χ0v) is 10.3. The normalized spacial score (nSPS) is 13.3. The second kappa shape index (κ2) is 5.45. The molecule has 5 nitrogen and oxygen atoms in total. The topological polar surface area (TPSA) is 72.8 Å². The summed E-state index contributed by atoms with van der Waals surface area (Å²) in [5, 5.41) is 7.66. The Balaban J connectivity index is 4.67. The van der Waals surface area contributed by atoms with Crippen molar-refractivity contribution in [3.05, 3.63) is 12.2 Å². The van der Waals surface area contributed by atoms with E-state index in [0.717, 1.165) is 6.08 Å². The maximum Gasteiger partial charge on any atom is 0.335 e. The second-order valence-corrected chi connectivity index (χ2v) is 6.56. The number of aliphatic carboxylic acids is 1. The van der Waals surface area contributed by atoms with Gasteiger partial charge in [-0.2, -0.15) is 0 Å². The van der Waals surface area contributed by atoms with Crippen LogP contribution in [0.4, 0.5) is 0 Å². The highest BCUT2D eigenvalue weighted by Crippen LogP contribution is 2.60. The van der Waals surface area contributed by atoms with Crippen LogP contribution in [0.5, 0.6) is 0 Å². The van der Waals surface area contributed by atoms with Crippen LogP contribution < -0.4 is 0 Å². The molecule has 0 aromatic carbocycles. The Hall–Kier alpha value is -0.640. The van der Waals surface area contributed by atoms with E-state index in [1.165, 1.54) is 20.3 Å². The molecule has 0 fully saturated rings. The second-order valence-electron chi connectivity index (χ2n) is 3.62. The number of hydrogen-bond donors (Lipinski definition) is 1. The SMILES string of the molecule is COP(=O)(OC)C(C)(C)C/C=C/C(=O)O. The fraction of sp³-hybridized carbons (Fsp3) is 0.667. The lowest BCUT2D eigenvalue weighted by Gasteiger charge is -2.29. The van der Waals surface area contributed by atoms with Crippen LogP contribution in [-0.4, -0.2) is 30.5 Å². The highest BCUT2D eigenvalue weighted by atomic mass is 31.2. The van der Waals surface area contributed by atoms with Crippen molar-refractivity contribution in [2.45, 2.75) is 25.4 Å². The van der Waals surface area contributed by atoms with E-state index in [0.29, 0.717) is 6.42 Å². The summed E-state index contributed by atoms with van der Waals surface area (Å²) in [6.45, 7) is 3.40. The molecule has 0 aromatic heterocycles. The first-order chi connectivity index (χ1) is 6.79. The molecule has 0 aliphatic rings. The number of rotatable bonds is 6. The molecule has 0 aromatic rings. The first-order valence-corrected chi connectivity index (χ1v) is 5.94. The third-order valence-electron chi connectivity index (χ3n) is 2.10. The highest BCUT2D eigenvalue weighted by Gasteiger charge is 2.40. The van der Waals surface area contributed by atoms with Crippen LogP contribution in [0.3, 0.4) is 0 Å². The van der Waals surface area contributed by atoms with Crippen LogP contribution in [0.25, 0.3) is 0 Å². The summed E-state index contributed by atoms with van der Waals surface area (Å²) < 4.78 is 21.7. The number of carbonyl (C=O) groups is 1. The molecule has 0 saturated heterocycles. The molecule has 15 heavy (non-hydrogen) atoms. The number of carboxylic acid groups (broad SMARTS) is 1. The molecule has 0 unspecified atom stereocenters. The Bertz CT molecular complexity index is 287. The largest absolute Gasteiger partial charge is 0.478 e. The number of carboxylic acids is 1. The van der Waals surface area contributed by atoms with Gasteiger partial charge in [0.05, 0.1) is 5.16 Å². The lowest BCUT2D eigenvalue weighted by Crippen LogP contribution is -2.21. The Morgan fingerprint density at radius 3 is 2.20 bits per heavy atom. The maximum absolute atomic E-state index is 12.0. The number of hydrogen-bond acceptors (Lipinski definition) is 4. The molecule has 0 atom stereocenters. The minimum absolute atomic E-state index is 0.304. The average molecular weight is 236 g/mol. The van der Waals surface area contributed by atoms with Gasteiger partial charge in [0.15, 0.2) is 0 Å². The quantitative estimate of drug-likeness (QED) is 0.565. The predicted octanol–water partition coefficient (Wildman–Crippen LogP) is 2.28. The molecule has 88 valence electrons. The van der Waals surface area contributed by atoms with E-state index >= 15 is 0 Å². The fourth-order valence-corrected chi connectivity index (χ4v) is 2.60.